The minimum absolute atomic E-state index is 0.0593. The van der Waals surface area contributed by atoms with Crippen LogP contribution in [0.1, 0.15) is 31.2 Å². The van der Waals surface area contributed by atoms with Gasteiger partial charge >= 0.3 is 0 Å². The van der Waals surface area contributed by atoms with Crippen LogP contribution in [0.4, 0.5) is 5.69 Å². The van der Waals surface area contributed by atoms with Gasteiger partial charge in [0.1, 0.15) is 0 Å². The lowest BCUT2D eigenvalue weighted by molar-refractivity contribution is -0.117. The zero-order valence-electron chi connectivity index (χ0n) is 17.7. The van der Waals surface area contributed by atoms with E-state index in [-0.39, 0.29) is 11.3 Å². The summed E-state index contributed by atoms with van der Waals surface area (Å²) in [5, 5.41) is 0. The molecule has 0 aliphatic carbocycles. The van der Waals surface area contributed by atoms with E-state index in [0.29, 0.717) is 31.0 Å². The highest BCUT2D eigenvalue weighted by atomic mass is 32.2. The SMILES string of the molecule is O=C1CCCN1c1ccc(S(=O)(=O)N2CCC3(CCN(Cc4ccccc4)C3)C2)cc1. The number of hydrogen-bond acceptors (Lipinski definition) is 4. The lowest BCUT2D eigenvalue weighted by Gasteiger charge is -2.25. The summed E-state index contributed by atoms with van der Waals surface area (Å²) in [5.41, 5.74) is 2.15. The molecule has 164 valence electrons. The van der Waals surface area contributed by atoms with Crippen LogP contribution in [0.3, 0.4) is 0 Å². The highest BCUT2D eigenvalue weighted by Gasteiger charge is 2.46. The third kappa shape index (κ3) is 4.02. The maximum absolute atomic E-state index is 13.3. The Morgan fingerprint density at radius 3 is 2.32 bits per heavy atom. The molecule has 0 N–H and O–H groups in total. The van der Waals surface area contributed by atoms with E-state index in [9.17, 15) is 13.2 Å². The first-order valence-corrected chi connectivity index (χ1v) is 12.6. The molecular formula is C24H29N3O3S. The van der Waals surface area contributed by atoms with E-state index in [2.05, 4.69) is 29.2 Å². The van der Waals surface area contributed by atoms with Crippen molar-refractivity contribution in [1.29, 1.82) is 0 Å². The third-order valence-corrected chi connectivity index (χ3v) is 8.89. The van der Waals surface area contributed by atoms with Gasteiger partial charge < -0.3 is 4.90 Å². The van der Waals surface area contributed by atoms with E-state index in [1.54, 1.807) is 33.5 Å². The fourth-order valence-electron chi connectivity index (χ4n) is 5.30. The molecule has 3 aliphatic rings. The van der Waals surface area contributed by atoms with Crippen molar-refractivity contribution in [3.8, 4) is 0 Å². The van der Waals surface area contributed by atoms with Gasteiger partial charge in [-0.3, -0.25) is 9.69 Å². The topological polar surface area (TPSA) is 60.9 Å². The van der Waals surface area contributed by atoms with E-state index in [0.717, 1.165) is 44.6 Å². The lowest BCUT2D eigenvalue weighted by Crippen LogP contribution is -2.34. The van der Waals surface area contributed by atoms with Crippen LogP contribution in [0.25, 0.3) is 0 Å². The summed E-state index contributed by atoms with van der Waals surface area (Å²) in [6.45, 7) is 4.76. The predicted octanol–water partition coefficient (Wildman–Crippen LogP) is 3.10. The Hall–Kier alpha value is -2.22. The third-order valence-electron chi connectivity index (χ3n) is 7.03. The molecule has 2 aromatic rings. The number of likely N-dealkylation sites (tertiary alicyclic amines) is 1. The van der Waals surface area contributed by atoms with Gasteiger partial charge in [0.2, 0.25) is 15.9 Å². The van der Waals surface area contributed by atoms with Crippen LogP contribution >= 0.6 is 0 Å². The summed E-state index contributed by atoms with van der Waals surface area (Å²) in [6, 6.07) is 17.3. The van der Waals surface area contributed by atoms with Gasteiger partial charge in [0, 0.05) is 44.8 Å². The van der Waals surface area contributed by atoms with E-state index < -0.39 is 10.0 Å². The number of rotatable bonds is 5. The lowest BCUT2D eigenvalue weighted by atomic mass is 9.86. The zero-order valence-corrected chi connectivity index (χ0v) is 18.6. The van der Waals surface area contributed by atoms with Gasteiger partial charge in [-0.1, -0.05) is 30.3 Å². The molecule has 1 spiro atoms. The number of amides is 1. The van der Waals surface area contributed by atoms with Crippen molar-refractivity contribution in [3.05, 3.63) is 60.2 Å². The first kappa shape index (κ1) is 20.7. The number of benzene rings is 2. The molecule has 2 aromatic carbocycles. The summed E-state index contributed by atoms with van der Waals surface area (Å²) in [6.07, 6.45) is 3.38. The zero-order chi connectivity index (χ0) is 21.5. The smallest absolute Gasteiger partial charge is 0.243 e. The molecule has 7 heteroatoms. The maximum atomic E-state index is 13.3. The van der Waals surface area contributed by atoms with Crippen molar-refractivity contribution in [2.24, 2.45) is 5.41 Å². The minimum Gasteiger partial charge on any atom is -0.312 e. The van der Waals surface area contributed by atoms with Crippen molar-refractivity contribution in [2.75, 3.05) is 37.6 Å². The molecular weight excluding hydrogens is 410 g/mol. The molecule has 3 heterocycles. The van der Waals surface area contributed by atoms with Crippen molar-refractivity contribution in [2.45, 2.75) is 37.1 Å². The molecule has 1 atom stereocenters. The summed E-state index contributed by atoms with van der Waals surface area (Å²) < 4.78 is 28.2. The molecule has 31 heavy (non-hydrogen) atoms. The fourth-order valence-corrected chi connectivity index (χ4v) is 6.86. The second-order valence-electron chi connectivity index (χ2n) is 9.18. The standard InChI is InChI=1S/C24H29N3O3S/c28-23-7-4-14-27(23)21-8-10-22(11-9-21)31(29,30)26-16-13-24(19-26)12-15-25(18-24)17-20-5-2-1-3-6-20/h1-3,5-6,8-11H,4,7,12-19H2. The van der Waals surface area contributed by atoms with E-state index in [1.807, 2.05) is 6.07 Å². The fraction of sp³-hybridized carbons (Fsp3) is 0.458. The monoisotopic (exact) mass is 439 g/mol. The van der Waals surface area contributed by atoms with E-state index >= 15 is 0 Å². The predicted molar refractivity (Wildman–Crippen MR) is 120 cm³/mol. The molecule has 1 amide bonds. The van der Waals surface area contributed by atoms with Crippen LogP contribution in [-0.2, 0) is 21.4 Å². The summed E-state index contributed by atoms with van der Waals surface area (Å²) in [4.78, 5) is 16.5. The van der Waals surface area contributed by atoms with Crippen molar-refractivity contribution < 1.29 is 13.2 Å². The quantitative estimate of drug-likeness (QED) is 0.718. The van der Waals surface area contributed by atoms with Crippen LogP contribution in [-0.4, -0.2) is 56.3 Å². The second kappa shape index (κ2) is 8.04. The molecule has 0 radical (unpaired) electrons. The van der Waals surface area contributed by atoms with Gasteiger partial charge in [0.05, 0.1) is 4.90 Å². The van der Waals surface area contributed by atoms with Crippen LogP contribution < -0.4 is 4.90 Å². The van der Waals surface area contributed by atoms with Gasteiger partial charge in [-0.25, -0.2) is 8.42 Å². The number of sulfonamides is 1. The Morgan fingerprint density at radius 1 is 0.871 bits per heavy atom. The van der Waals surface area contributed by atoms with Crippen LogP contribution in [0.2, 0.25) is 0 Å². The molecule has 3 saturated heterocycles. The Kier molecular flexibility index (Phi) is 5.36. The van der Waals surface area contributed by atoms with Crippen molar-refractivity contribution in [1.82, 2.24) is 9.21 Å². The molecule has 0 bridgehead atoms. The molecule has 0 saturated carbocycles. The number of nitrogens with zero attached hydrogens (tertiary/aromatic N) is 3. The van der Waals surface area contributed by atoms with Gasteiger partial charge in [-0.15, -0.1) is 0 Å². The van der Waals surface area contributed by atoms with Crippen LogP contribution in [0.15, 0.2) is 59.5 Å². The maximum Gasteiger partial charge on any atom is 0.243 e. The normalized spacial score (nSPS) is 25.2. The molecule has 3 fully saturated rings. The van der Waals surface area contributed by atoms with Crippen molar-refractivity contribution >= 4 is 21.6 Å². The molecule has 6 nitrogen and oxygen atoms in total. The molecule has 0 aromatic heterocycles. The highest BCUT2D eigenvalue weighted by Crippen LogP contribution is 2.41. The van der Waals surface area contributed by atoms with E-state index in [1.165, 1.54) is 5.56 Å². The molecule has 1 unspecified atom stereocenters. The summed E-state index contributed by atoms with van der Waals surface area (Å²) >= 11 is 0. The highest BCUT2D eigenvalue weighted by molar-refractivity contribution is 7.89. The molecule has 5 rings (SSSR count). The average molecular weight is 440 g/mol. The molecule has 3 aliphatic heterocycles. The van der Waals surface area contributed by atoms with Gasteiger partial charge in [-0.05, 0) is 61.1 Å². The first-order valence-electron chi connectivity index (χ1n) is 11.1. The van der Waals surface area contributed by atoms with Crippen molar-refractivity contribution in [3.63, 3.8) is 0 Å². The Balaban J connectivity index is 1.25. The number of carbonyl (C=O) groups is 1. The number of carbonyl (C=O) groups excluding carboxylic acids is 1. The van der Waals surface area contributed by atoms with Gasteiger partial charge in [-0.2, -0.15) is 4.31 Å². The minimum atomic E-state index is -3.52. The average Bonchev–Trinajstić information content (AvgIpc) is 3.50. The van der Waals surface area contributed by atoms with Gasteiger partial charge in [0.15, 0.2) is 0 Å². The Morgan fingerprint density at radius 2 is 1.61 bits per heavy atom. The summed E-state index contributed by atoms with van der Waals surface area (Å²) in [7, 11) is -3.52. The first-order chi connectivity index (χ1) is 15.0. The number of hydrogen-bond donors (Lipinski definition) is 0. The van der Waals surface area contributed by atoms with Crippen LogP contribution in [0, 0.1) is 5.41 Å². The second-order valence-corrected chi connectivity index (χ2v) is 11.1. The Bertz CT molecular complexity index is 1060. The van der Waals surface area contributed by atoms with E-state index in [4.69, 9.17) is 0 Å². The largest absolute Gasteiger partial charge is 0.312 e. The summed E-state index contributed by atoms with van der Waals surface area (Å²) in [5.74, 6) is 0.110. The van der Waals surface area contributed by atoms with Gasteiger partial charge in [0.25, 0.3) is 0 Å². The number of anilines is 1. The van der Waals surface area contributed by atoms with Crippen LogP contribution in [0.5, 0.6) is 0 Å². The Labute approximate surface area is 184 Å².